The van der Waals surface area contributed by atoms with Gasteiger partial charge in [-0.15, -0.1) is 0 Å². The molecular formula is C9H5BrOS2. The van der Waals surface area contributed by atoms with Crippen molar-refractivity contribution in [1.29, 1.82) is 0 Å². The minimum atomic E-state index is 0.151. The normalized spacial score (nSPS) is 10.2. The third-order valence-electron chi connectivity index (χ3n) is 1.58. The van der Waals surface area contributed by atoms with Crippen molar-refractivity contribution in [2.75, 3.05) is 0 Å². The lowest BCUT2D eigenvalue weighted by molar-refractivity contribution is 1.65. The summed E-state index contributed by atoms with van der Waals surface area (Å²) in [5, 5.41) is 1.90. The molecule has 1 aromatic carbocycles. The van der Waals surface area contributed by atoms with Gasteiger partial charge in [0.05, 0.1) is 0 Å². The van der Waals surface area contributed by atoms with E-state index in [1.54, 1.807) is 0 Å². The number of halogens is 1. The molecule has 4 heteroatoms. The van der Waals surface area contributed by atoms with E-state index in [-0.39, 0.29) is 4.06 Å². The molecule has 0 saturated heterocycles. The second-order valence-corrected chi connectivity index (χ2v) is 5.49. The fourth-order valence-corrected chi connectivity index (χ4v) is 2.96. The first-order valence-corrected chi connectivity index (χ1v) is 6.09. The fourth-order valence-electron chi connectivity index (χ4n) is 0.981. The van der Waals surface area contributed by atoms with E-state index < -0.39 is 0 Å². The van der Waals surface area contributed by atoms with Crippen LogP contribution in [0.1, 0.15) is 0 Å². The molecule has 0 aliphatic rings. The van der Waals surface area contributed by atoms with Gasteiger partial charge in [-0.25, -0.2) is 0 Å². The van der Waals surface area contributed by atoms with Crippen LogP contribution in [0, 0.1) is 0 Å². The number of hydrogen-bond acceptors (Lipinski definition) is 3. The summed E-state index contributed by atoms with van der Waals surface area (Å²) in [5.74, 6) is 0. The molecule has 66 valence electrons. The van der Waals surface area contributed by atoms with Gasteiger partial charge in [0.1, 0.15) is 0 Å². The fraction of sp³-hybridized carbons (Fsp3) is 0. The van der Waals surface area contributed by atoms with E-state index in [0.717, 1.165) is 14.9 Å². The van der Waals surface area contributed by atoms with E-state index in [0.29, 0.717) is 0 Å². The Morgan fingerprint density at radius 2 is 1.85 bits per heavy atom. The van der Waals surface area contributed by atoms with Crippen LogP contribution >= 0.6 is 38.6 Å². The maximum atomic E-state index is 11.0. The molecule has 0 saturated carbocycles. The third kappa shape index (κ3) is 2.07. The zero-order valence-corrected chi connectivity index (χ0v) is 9.71. The lowest BCUT2D eigenvalue weighted by atomic mass is 10.2. The molecule has 0 N–H and O–H groups in total. The molecule has 0 aliphatic carbocycles. The standard InChI is InChI=1S/C9H5BrOS2/c10-7-3-1-6(2-4-7)8-5-12-9(11)13-8/h1-5H. The first-order valence-electron chi connectivity index (χ1n) is 3.60. The maximum Gasteiger partial charge on any atom is 0.287 e. The average Bonchev–Trinajstić information content (AvgIpc) is 2.53. The highest BCUT2D eigenvalue weighted by Gasteiger charge is 2.00. The van der Waals surface area contributed by atoms with Gasteiger partial charge in [0, 0.05) is 14.7 Å². The van der Waals surface area contributed by atoms with Gasteiger partial charge in [-0.2, -0.15) is 0 Å². The van der Waals surface area contributed by atoms with Gasteiger partial charge in [-0.3, -0.25) is 4.79 Å². The van der Waals surface area contributed by atoms with E-state index in [4.69, 9.17) is 0 Å². The zero-order chi connectivity index (χ0) is 9.26. The minimum Gasteiger partial charge on any atom is -0.265 e. The van der Waals surface area contributed by atoms with Crippen LogP contribution < -0.4 is 4.06 Å². The molecule has 2 rings (SSSR count). The highest BCUT2D eigenvalue weighted by atomic mass is 79.9. The van der Waals surface area contributed by atoms with Crippen LogP contribution in [0.2, 0.25) is 0 Å². The van der Waals surface area contributed by atoms with Crippen molar-refractivity contribution in [3.63, 3.8) is 0 Å². The molecule has 0 atom stereocenters. The van der Waals surface area contributed by atoms with Gasteiger partial charge >= 0.3 is 0 Å². The van der Waals surface area contributed by atoms with Crippen molar-refractivity contribution in [2.24, 2.45) is 0 Å². The van der Waals surface area contributed by atoms with E-state index >= 15 is 0 Å². The molecule has 0 unspecified atom stereocenters. The Bertz CT molecular complexity index is 455. The zero-order valence-electron chi connectivity index (χ0n) is 6.49. The molecule has 0 aliphatic heterocycles. The molecule has 0 spiro atoms. The van der Waals surface area contributed by atoms with Crippen LogP contribution in [0.25, 0.3) is 10.4 Å². The summed E-state index contributed by atoms with van der Waals surface area (Å²) < 4.78 is 1.21. The summed E-state index contributed by atoms with van der Waals surface area (Å²) in [5.41, 5.74) is 1.10. The first kappa shape index (κ1) is 9.12. The molecular weight excluding hydrogens is 268 g/mol. The van der Waals surface area contributed by atoms with Crippen LogP contribution in [0.3, 0.4) is 0 Å². The van der Waals surface area contributed by atoms with E-state index in [2.05, 4.69) is 15.9 Å². The van der Waals surface area contributed by atoms with Gasteiger partial charge in [0.2, 0.25) is 0 Å². The van der Waals surface area contributed by atoms with Crippen LogP contribution in [-0.2, 0) is 0 Å². The Morgan fingerprint density at radius 1 is 1.15 bits per heavy atom. The van der Waals surface area contributed by atoms with E-state index in [9.17, 15) is 4.79 Å². The van der Waals surface area contributed by atoms with Gasteiger partial charge < -0.3 is 0 Å². The van der Waals surface area contributed by atoms with Crippen LogP contribution in [0.5, 0.6) is 0 Å². The van der Waals surface area contributed by atoms with Gasteiger partial charge in [0.25, 0.3) is 4.06 Å². The van der Waals surface area contributed by atoms with Crippen molar-refractivity contribution in [3.8, 4) is 10.4 Å². The van der Waals surface area contributed by atoms with E-state index in [1.807, 2.05) is 29.6 Å². The molecule has 2 aromatic rings. The quantitative estimate of drug-likeness (QED) is 0.775. The Balaban J connectivity index is 2.47. The Hall–Kier alpha value is -0.450. The maximum absolute atomic E-state index is 11.0. The SMILES string of the molecule is O=c1scc(-c2ccc(Br)cc2)s1. The van der Waals surface area contributed by atoms with Crippen LogP contribution in [0.15, 0.2) is 38.9 Å². The lowest BCUT2D eigenvalue weighted by Crippen LogP contribution is -1.75. The smallest absolute Gasteiger partial charge is 0.265 e. The first-order chi connectivity index (χ1) is 6.25. The Morgan fingerprint density at radius 3 is 2.38 bits per heavy atom. The summed E-state index contributed by atoms with van der Waals surface area (Å²) in [6.45, 7) is 0. The summed E-state index contributed by atoms with van der Waals surface area (Å²) in [6.07, 6.45) is 0. The predicted molar refractivity (Wildman–Crippen MR) is 61.6 cm³/mol. The molecule has 0 bridgehead atoms. The molecule has 1 heterocycles. The highest BCUT2D eigenvalue weighted by molar-refractivity contribution is 9.10. The molecule has 0 fully saturated rings. The molecule has 1 aromatic heterocycles. The van der Waals surface area contributed by atoms with Gasteiger partial charge in [-0.1, -0.05) is 50.7 Å². The second kappa shape index (κ2) is 3.74. The van der Waals surface area contributed by atoms with Crippen molar-refractivity contribution in [3.05, 3.63) is 43.0 Å². The minimum absolute atomic E-state index is 0.151. The Kier molecular flexibility index (Phi) is 2.62. The third-order valence-corrected chi connectivity index (χ3v) is 4.09. The van der Waals surface area contributed by atoms with Crippen molar-refractivity contribution >= 4 is 38.6 Å². The Labute approximate surface area is 91.8 Å². The molecule has 0 radical (unpaired) electrons. The lowest BCUT2D eigenvalue weighted by Gasteiger charge is -1.95. The summed E-state index contributed by atoms with van der Waals surface area (Å²) >= 11 is 5.92. The summed E-state index contributed by atoms with van der Waals surface area (Å²) in [7, 11) is 0. The monoisotopic (exact) mass is 272 g/mol. The topological polar surface area (TPSA) is 17.1 Å². The molecule has 13 heavy (non-hydrogen) atoms. The van der Waals surface area contributed by atoms with Crippen molar-refractivity contribution < 1.29 is 0 Å². The number of rotatable bonds is 1. The second-order valence-electron chi connectivity index (χ2n) is 2.46. The predicted octanol–water partition coefficient (Wildman–Crippen LogP) is 3.60. The summed E-state index contributed by atoms with van der Waals surface area (Å²) in [6, 6.07) is 7.96. The molecule has 0 amide bonds. The van der Waals surface area contributed by atoms with Crippen molar-refractivity contribution in [1.82, 2.24) is 0 Å². The van der Waals surface area contributed by atoms with E-state index in [1.165, 1.54) is 22.7 Å². The van der Waals surface area contributed by atoms with Crippen LogP contribution in [-0.4, -0.2) is 0 Å². The van der Waals surface area contributed by atoms with Gasteiger partial charge in [-0.05, 0) is 17.7 Å². The van der Waals surface area contributed by atoms with Crippen molar-refractivity contribution in [2.45, 2.75) is 0 Å². The number of benzene rings is 1. The van der Waals surface area contributed by atoms with Gasteiger partial charge in [0.15, 0.2) is 0 Å². The van der Waals surface area contributed by atoms with Crippen LogP contribution in [0.4, 0.5) is 0 Å². The average molecular weight is 273 g/mol. The summed E-state index contributed by atoms with van der Waals surface area (Å²) in [4.78, 5) is 12.0. The highest BCUT2D eigenvalue weighted by Crippen LogP contribution is 2.25. The number of hydrogen-bond donors (Lipinski definition) is 0. The molecule has 1 nitrogen and oxygen atoms in total. The largest absolute Gasteiger partial charge is 0.287 e.